The number of benzene rings is 2. The van der Waals surface area contributed by atoms with Crippen LogP contribution in [0.2, 0.25) is 0 Å². The minimum atomic E-state index is -3.63. The first-order valence-corrected chi connectivity index (χ1v) is 11.0. The van der Waals surface area contributed by atoms with Crippen LogP contribution in [0.3, 0.4) is 0 Å². The van der Waals surface area contributed by atoms with Crippen LogP contribution >= 0.6 is 0 Å². The van der Waals surface area contributed by atoms with E-state index in [0.29, 0.717) is 11.4 Å². The number of sulfonamides is 1. The van der Waals surface area contributed by atoms with Crippen molar-refractivity contribution in [2.24, 2.45) is 0 Å². The summed E-state index contributed by atoms with van der Waals surface area (Å²) in [4.78, 5) is 16.5. The van der Waals surface area contributed by atoms with Crippen LogP contribution in [0.25, 0.3) is 0 Å². The van der Waals surface area contributed by atoms with E-state index in [1.165, 1.54) is 0 Å². The highest BCUT2D eigenvalue weighted by Crippen LogP contribution is 2.23. The van der Waals surface area contributed by atoms with Gasteiger partial charge in [0.1, 0.15) is 5.82 Å². The van der Waals surface area contributed by atoms with Crippen LogP contribution in [0, 0.1) is 0 Å². The Balaban J connectivity index is 1.62. The lowest BCUT2D eigenvalue weighted by Crippen LogP contribution is -2.23. The molecule has 2 aromatic carbocycles. The molecule has 30 heavy (non-hydrogen) atoms. The SMILES string of the molecule is CC(C)(C)c1ccc(S(=O)(=O)NCc2ccc(C(=O)Nc3ccccn3)cc2)cc1. The van der Waals surface area contributed by atoms with Gasteiger partial charge in [0.15, 0.2) is 0 Å². The van der Waals surface area contributed by atoms with Crippen LogP contribution in [0.15, 0.2) is 77.8 Å². The van der Waals surface area contributed by atoms with Gasteiger partial charge in [-0.25, -0.2) is 18.1 Å². The summed E-state index contributed by atoms with van der Waals surface area (Å²) in [5, 5.41) is 2.71. The van der Waals surface area contributed by atoms with Gasteiger partial charge in [-0.05, 0) is 52.9 Å². The van der Waals surface area contributed by atoms with Crippen LogP contribution in [0.4, 0.5) is 5.82 Å². The lowest BCUT2D eigenvalue weighted by Gasteiger charge is -2.19. The van der Waals surface area contributed by atoms with E-state index in [9.17, 15) is 13.2 Å². The number of carbonyl (C=O) groups excluding carboxylic acids is 1. The number of rotatable bonds is 6. The number of carbonyl (C=O) groups is 1. The summed E-state index contributed by atoms with van der Waals surface area (Å²) < 4.78 is 27.7. The molecule has 6 nitrogen and oxygen atoms in total. The number of hydrogen-bond donors (Lipinski definition) is 2. The maximum atomic E-state index is 12.6. The molecule has 0 aliphatic rings. The first kappa shape index (κ1) is 21.7. The predicted molar refractivity (Wildman–Crippen MR) is 118 cm³/mol. The molecule has 3 rings (SSSR count). The van der Waals surface area contributed by atoms with E-state index in [-0.39, 0.29) is 22.8 Å². The number of aromatic nitrogens is 1. The van der Waals surface area contributed by atoms with Gasteiger partial charge in [0.05, 0.1) is 4.90 Å². The van der Waals surface area contributed by atoms with Crippen molar-refractivity contribution >= 4 is 21.7 Å². The Morgan fingerprint density at radius 3 is 2.17 bits per heavy atom. The summed E-state index contributed by atoms with van der Waals surface area (Å²) in [6.45, 7) is 6.37. The number of nitrogens with one attached hydrogen (secondary N) is 2. The number of hydrogen-bond acceptors (Lipinski definition) is 4. The molecular weight excluding hydrogens is 398 g/mol. The number of anilines is 1. The summed E-state index contributed by atoms with van der Waals surface area (Å²) in [6.07, 6.45) is 1.60. The van der Waals surface area contributed by atoms with Crippen molar-refractivity contribution in [1.29, 1.82) is 0 Å². The number of nitrogens with zero attached hydrogens (tertiary/aromatic N) is 1. The van der Waals surface area contributed by atoms with Crippen molar-refractivity contribution in [3.63, 3.8) is 0 Å². The average Bonchev–Trinajstić information content (AvgIpc) is 2.73. The van der Waals surface area contributed by atoms with E-state index in [1.807, 2.05) is 12.1 Å². The van der Waals surface area contributed by atoms with E-state index in [4.69, 9.17) is 0 Å². The molecule has 0 fully saturated rings. The van der Waals surface area contributed by atoms with Crippen LogP contribution < -0.4 is 10.0 Å². The second-order valence-corrected chi connectivity index (χ2v) is 9.73. The van der Waals surface area contributed by atoms with Gasteiger partial charge < -0.3 is 5.32 Å². The summed E-state index contributed by atoms with van der Waals surface area (Å²) in [5.74, 6) is 0.191. The van der Waals surface area contributed by atoms with E-state index in [1.54, 1.807) is 60.8 Å². The fraction of sp³-hybridized carbons (Fsp3) is 0.217. The van der Waals surface area contributed by atoms with Crippen molar-refractivity contribution in [3.05, 3.63) is 89.6 Å². The molecule has 3 aromatic rings. The predicted octanol–water partition coefficient (Wildman–Crippen LogP) is 4.11. The zero-order chi connectivity index (χ0) is 21.8. The molecule has 7 heteroatoms. The molecule has 156 valence electrons. The van der Waals surface area contributed by atoms with Crippen molar-refractivity contribution < 1.29 is 13.2 Å². The maximum Gasteiger partial charge on any atom is 0.256 e. The minimum absolute atomic E-state index is 0.0413. The molecule has 1 heterocycles. The van der Waals surface area contributed by atoms with E-state index >= 15 is 0 Å². The molecule has 0 bridgehead atoms. The second-order valence-electron chi connectivity index (χ2n) is 7.96. The minimum Gasteiger partial charge on any atom is -0.307 e. The monoisotopic (exact) mass is 423 g/mol. The van der Waals surface area contributed by atoms with Gasteiger partial charge >= 0.3 is 0 Å². The Morgan fingerprint density at radius 2 is 1.60 bits per heavy atom. The van der Waals surface area contributed by atoms with E-state index in [2.05, 4.69) is 35.8 Å². The van der Waals surface area contributed by atoms with Crippen LogP contribution in [-0.4, -0.2) is 19.3 Å². The van der Waals surface area contributed by atoms with Gasteiger partial charge in [-0.15, -0.1) is 0 Å². The Bertz CT molecular complexity index is 1100. The molecule has 1 amide bonds. The molecule has 0 saturated carbocycles. The highest BCUT2D eigenvalue weighted by molar-refractivity contribution is 7.89. The molecule has 0 saturated heterocycles. The van der Waals surface area contributed by atoms with Crippen LogP contribution in [0.1, 0.15) is 42.3 Å². The maximum absolute atomic E-state index is 12.6. The highest BCUT2D eigenvalue weighted by atomic mass is 32.2. The first-order chi connectivity index (χ1) is 14.1. The lowest BCUT2D eigenvalue weighted by atomic mass is 9.87. The fourth-order valence-corrected chi connectivity index (χ4v) is 3.81. The summed E-state index contributed by atoms with van der Waals surface area (Å²) >= 11 is 0. The molecule has 0 unspecified atom stereocenters. The molecule has 0 atom stereocenters. The average molecular weight is 424 g/mol. The zero-order valence-corrected chi connectivity index (χ0v) is 18.0. The topological polar surface area (TPSA) is 88.2 Å². The van der Waals surface area contributed by atoms with Crippen molar-refractivity contribution in [1.82, 2.24) is 9.71 Å². The third kappa shape index (κ3) is 5.52. The first-order valence-electron chi connectivity index (χ1n) is 9.57. The highest BCUT2D eigenvalue weighted by Gasteiger charge is 2.17. The summed E-state index contributed by atoms with van der Waals surface area (Å²) in [7, 11) is -3.63. The molecule has 0 aliphatic carbocycles. The summed E-state index contributed by atoms with van der Waals surface area (Å²) in [6, 6.07) is 18.9. The quantitative estimate of drug-likeness (QED) is 0.625. The van der Waals surface area contributed by atoms with Crippen LogP contribution in [0.5, 0.6) is 0 Å². The molecule has 2 N–H and O–H groups in total. The lowest BCUT2D eigenvalue weighted by molar-refractivity contribution is 0.102. The van der Waals surface area contributed by atoms with Gasteiger partial charge in [-0.2, -0.15) is 0 Å². The van der Waals surface area contributed by atoms with E-state index in [0.717, 1.165) is 11.1 Å². The van der Waals surface area contributed by atoms with Crippen molar-refractivity contribution in [2.45, 2.75) is 37.6 Å². The third-order valence-electron chi connectivity index (χ3n) is 4.62. The van der Waals surface area contributed by atoms with Gasteiger partial charge in [-0.1, -0.05) is 51.1 Å². The molecule has 0 spiro atoms. The third-order valence-corrected chi connectivity index (χ3v) is 6.04. The Kier molecular flexibility index (Phi) is 6.34. The standard InChI is InChI=1S/C23H25N3O3S/c1-23(2,3)19-11-13-20(14-12-19)30(28,29)25-16-17-7-9-18(10-8-17)22(27)26-21-6-4-5-15-24-21/h4-15,25H,16H2,1-3H3,(H,24,26,27). The molecule has 0 radical (unpaired) electrons. The zero-order valence-electron chi connectivity index (χ0n) is 17.2. The smallest absolute Gasteiger partial charge is 0.256 e. The normalized spacial score (nSPS) is 11.8. The summed E-state index contributed by atoms with van der Waals surface area (Å²) in [5.41, 5.74) is 2.24. The van der Waals surface area contributed by atoms with Gasteiger partial charge in [0.2, 0.25) is 10.0 Å². The molecule has 0 aliphatic heterocycles. The van der Waals surface area contributed by atoms with Crippen molar-refractivity contribution in [3.8, 4) is 0 Å². The van der Waals surface area contributed by atoms with Gasteiger partial charge in [0.25, 0.3) is 5.91 Å². The number of pyridine rings is 1. The largest absolute Gasteiger partial charge is 0.307 e. The Labute approximate surface area is 177 Å². The second kappa shape index (κ2) is 8.77. The van der Waals surface area contributed by atoms with Crippen molar-refractivity contribution in [2.75, 3.05) is 5.32 Å². The Morgan fingerprint density at radius 1 is 0.933 bits per heavy atom. The van der Waals surface area contributed by atoms with Gasteiger partial charge in [0, 0.05) is 18.3 Å². The Hall–Kier alpha value is -3.03. The molecule has 1 aromatic heterocycles. The fourth-order valence-electron chi connectivity index (χ4n) is 2.79. The number of amides is 1. The molecular formula is C23H25N3O3S. The van der Waals surface area contributed by atoms with E-state index < -0.39 is 10.0 Å². The van der Waals surface area contributed by atoms with Crippen LogP contribution in [-0.2, 0) is 22.0 Å². The van der Waals surface area contributed by atoms with Gasteiger partial charge in [-0.3, -0.25) is 4.79 Å².